The fraction of sp³-hybridized carbons (Fsp3) is 0.261. The van der Waals surface area contributed by atoms with Crippen LogP contribution in [0.2, 0.25) is 0 Å². The van der Waals surface area contributed by atoms with Crippen LogP contribution in [0.5, 0.6) is 5.75 Å². The summed E-state index contributed by atoms with van der Waals surface area (Å²) in [4.78, 5) is 28.5. The number of urea groups is 1. The lowest BCUT2D eigenvalue weighted by molar-refractivity contribution is 0.0587. The lowest BCUT2D eigenvalue weighted by Crippen LogP contribution is -2.31. The number of amides is 2. The molecule has 0 bridgehead atoms. The van der Waals surface area contributed by atoms with Crippen LogP contribution in [0, 0.1) is 5.82 Å². The van der Waals surface area contributed by atoms with Gasteiger partial charge in [0, 0.05) is 25.7 Å². The first-order valence-electron chi connectivity index (χ1n) is 10.1. The maximum atomic E-state index is 13.1. The van der Waals surface area contributed by atoms with Crippen LogP contribution in [-0.4, -0.2) is 54.0 Å². The summed E-state index contributed by atoms with van der Waals surface area (Å²) < 4.78 is 24.7. The van der Waals surface area contributed by atoms with Gasteiger partial charge in [-0.25, -0.2) is 14.0 Å². The van der Waals surface area contributed by atoms with E-state index in [2.05, 4.69) is 5.10 Å². The standard InChI is InChI=1S/C23H23FN4O4/c1-31-19-9-5-17(6-10-19)15-28-20(22(29)32-2)13-21(25-28)27-12-11-26(23(27)30)14-16-3-7-18(24)8-4-16/h3-10,13H,11-12,14-15H2,1-2H3. The quantitative estimate of drug-likeness (QED) is 0.529. The molecule has 9 heteroatoms. The number of esters is 1. The molecule has 8 nitrogen and oxygen atoms in total. The first-order valence-corrected chi connectivity index (χ1v) is 10.1. The van der Waals surface area contributed by atoms with Crippen molar-refractivity contribution in [1.82, 2.24) is 14.7 Å². The molecule has 4 rings (SSSR count). The molecule has 0 aliphatic carbocycles. The van der Waals surface area contributed by atoms with Crippen LogP contribution in [-0.2, 0) is 17.8 Å². The van der Waals surface area contributed by atoms with E-state index in [1.807, 2.05) is 24.3 Å². The molecule has 2 amide bonds. The second-order valence-corrected chi connectivity index (χ2v) is 7.37. The molecule has 1 aliphatic heterocycles. The smallest absolute Gasteiger partial charge is 0.356 e. The van der Waals surface area contributed by atoms with Crippen LogP contribution in [0.4, 0.5) is 15.0 Å². The molecule has 3 aromatic rings. The van der Waals surface area contributed by atoms with Gasteiger partial charge in [0.05, 0.1) is 20.8 Å². The molecule has 0 atom stereocenters. The minimum Gasteiger partial charge on any atom is -0.497 e. The molecule has 0 saturated carbocycles. The van der Waals surface area contributed by atoms with Crippen LogP contribution >= 0.6 is 0 Å². The largest absolute Gasteiger partial charge is 0.497 e. The van der Waals surface area contributed by atoms with Crippen LogP contribution in [0.25, 0.3) is 0 Å². The highest BCUT2D eigenvalue weighted by Crippen LogP contribution is 2.23. The van der Waals surface area contributed by atoms with Crippen molar-refractivity contribution >= 4 is 17.8 Å². The van der Waals surface area contributed by atoms with E-state index < -0.39 is 5.97 Å². The number of anilines is 1. The van der Waals surface area contributed by atoms with Crippen molar-refractivity contribution in [1.29, 1.82) is 0 Å². The molecule has 32 heavy (non-hydrogen) atoms. The number of ether oxygens (including phenoxy) is 2. The zero-order valence-electron chi connectivity index (χ0n) is 17.8. The lowest BCUT2D eigenvalue weighted by Gasteiger charge is -2.17. The number of carbonyl (C=O) groups is 2. The van der Waals surface area contributed by atoms with Gasteiger partial charge >= 0.3 is 12.0 Å². The van der Waals surface area contributed by atoms with Crippen molar-refractivity contribution in [3.8, 4) is 5.75 Å². The van der Waals surface area contributed by atoms with Crippen LogP contribution in [0.1, 0.15) is 21.6 Å². The Morgan fingerprint density at radius 2 is 1.66 bits per heavy atom. The van der Waals surface area contributed by atoms with Crippen molar-refractivity contribution in [3.05, 3.63) is 77.2 Å². The molecular weight excluding hydrogens is 415 g/mol. The zero-order chi connectivity index (χ0) is 22.7. The first-order chi connectivity index (χ1) is 15.5. The molecule has 1 aromatic heterocycles. The Bertz CT molecular complexity index is 1110. The number of halogens is 1. The van der Waals surface area contributed by atoms with Gasteiger partial charge < -0.3 is 14.4 Å². The van der Waals surface area contributed by atoms with E-state index in [-0.39, 0.29) is 17.5 Å². The Kier molecular flexibility index (Phi) is 6.07. The molecule has 1 fully saturated rings. The van der Waals surface area contributed by atoms with E-state index >= 15 is 0 Å². The first kappa shape index (κ1) is 21.4. The molecule has 2 aromatic carbocycles. The summed E-state index contributed by atoms with van der Waals surface area (Å²) in [5.74, 6) is 0.255. The molecule has 0 N–H and O–H groups in total. The van der Waals surface area contributed by atoms with Gasteiger partial charge in [0.1, 0.15) is 17.3 Å². The van der Waals surface area contributed by atoms with E-state index in [4.69, 9.17) is 9.47 Å². The highest BCUT2D eigenvalue weighted by molar-refractivity contribution is 5.95. The second-order valence-electron chi connectivity index (χ2n) is 7.37. The van der Waals surface area contributed by atoms with Gasteiger partial charge in [0.2, 0.25) is 0 Å². The Morgan fingerprint density at radius 3 is 2.31 bits per heavy atom. The summed E-state index contributed by atoms with van der Waals surface area (Å²) in [7, 11) is 2.90. The Morgan fingerprint density at radius 1 is 1.00 bits per heavy atom. The number of hydrogen-bond donors (Lipinski definition) is 0. The van der Waals surface area contributed by atoms with Crippen molar-refractivity contribution in [2.75, 3.05) is 32.2 Å². The number of hydrogen-bond acceptors (Lipinski definition) is 5. The normalized spacial score (nSPS) is 13.5. The van der Waals surface area contributed by atoms with Gasteiger partial charge in [-0.2, -0.15) is 5.10 Å². The summed E-state index contributed by atoms with van der Waals surface area (Å²) in [5.41, 5.74) is 2.00. The third-order valence-corrected chi connectivity index (χ3v) is 5.31. The Labute approximate surface area is 184 Å². The zero-order valence-corrected chi connectivity index (χ0v) is 17.8. The maximum Gasteiger partial charge on any atom is 0.356 e. The van der Waals surface area contributed by atoms with Gasteiger partial charge in [0.25, 0.3) is 0 Å². The van der Waals surface area contributed by atoms with Gasteiger partial charge in [-0.15, -0.1) is 0 Å². The lowest BCUT2D eigenvalue weighted by atomic mass is 10.2. The van der Waals surface area contributed by atoms with Crippen molar-refractivity contribution in [2.45, 2.75) is 13.1 Å². The number of aromatic nitrogens is 2. The van der Waals surface area contributed by atoms with Crippen molar-refractivity contribution in [3.63, 3.8) is 0 Å². The van der Waals surface area contributed by atoms with Crippen molar-refractivity contribution < 1.29 is 23.5 Å². The number of nitrogens with zero attached hydrogens (tertiary/aromatic N) is 4. The van der Waals surface area contributed by atoms with Gasteiger partial charge in [-0.3, -0.25) is 9.58 Å². The fourth-order valence-electron chi connectivity index (χ4n) is 3.58. The minimum absolute atomic E-state index is 0.222. The minimum atomic E-state index is -0.535. The summed E-state index contributed by atoms with van der Waals surface area (Å²) in [6.07, 6.45) is 0. The van der Waals surface area contributed by atoms with E-state index in [1.54, 1.807) is 30.2 Å². The second kappa shape index (κ2) is 9.09. The third-order valence-electron chi connectivity index (χ3n) is 5.31. The molecule has 0 radical (unpaired) electrons. The number of carbonyl (C=O) groups excluding carboxylic acids is 2. The average Bonchev–Trinajstić information content (AvgIpc) is 3.38. The van der Waals surface area contributed by atoms with Gasteiger partial charge in [-0.1, -0.05) is 24.3 Å². The van der Waals surface area contributed by atoms with E-state index in [1.165, 1.54) is 28.8 Å². The van der Waals surface area contributed by atoms with E-state index in [0.717, 1.165) is 16.9 Å². The number of rotatable bonds is 7. The molecule has 1 saturated heterocycles. The predicted molar refractivity (Wildman–Crippen MR) is 115 cm³/mol. The molecule has 1 aliphatic rings. The van der Waals surface area contributed by atoms with Crippen LogP contribution in [0.15, 0.2) is 54.6 Å². The number of benzene rings is 2. The van der Waals surface area contributed by atoms with Gasteiger partial charge in [-0.05, 0) is 35.4 Å². The van der Waals surface area contributed by atoms with Gasteiger partial charge in [0.15, 0.2) is 5.82 Å². The number of methoxy groups -OCH3 is 2. The molecule has 0 unspecified atom stereocenters. The third kappa shape index (κ3) is 4.41. The van der Waals surface area contributed by atoms with Crippen LogP contribution in [0.3, 0.4) is 0 Å². The average molecular weight is 438 g/mol. The highest BCUT2D eigenvalue weighted by Gasteiger charge is 2.32. The monoisotopic (exact) mass is 438 g/mol. The molecule has 166 valence electrons. The summed E-state index contributed by atoms with van der Waals surface area (Å²) in [6.45, 7) is 1.62. The fourth-order valence-corrected chi connectivity index (χ4v) is 3.58. The summed E-state index contributed by atoms with van der Waals surface area (Å²) in [6, 6.07) is 14.8. The van der Waals surface area contributed by atoms with E-state index in [0.29, 0.717) is 32.0 Å². The summed E-state index contributed by atoms with van der Waals surface area (Å²) >= 11 is 0. The van der Waals surface area contributed by atoms with Crippen LogP contribution < -0.4 is 9.64 Å². The van der Waals surface area contributed by atoms with E-state index in [9.17, 15) is 14.0 Å². The maximum absolute atomic E-state index is 13.1. The molecular formula is C23H23FN4O4. The summed E-state index contributed by atoms with van der Waals surface area (Å²) in [5, 5.41) is 4.52. The molecule has 0 spiro atoms. The highest BCUT2D eigenvalue weighted by atomic mass is 19.1. The Balaban J connectivity index is 1.54. The predicted octanol–water partition coefficient (Wildman–Crippen LogP) is 3.31. The molecule has 2 heterocycles. The topological polar surface area (TPSA) is 76.9 Å². The van der Waals surface area contributed by atoms with Crippen molar-refractivity contribution in [2.24, 2.45) is 0 Å². The SMILES string of the molecule is COC(=O)c1cc(N2CCN(Cc3ccc(F)cc3)C2=O)nn1Cc1ccc(OC)cc1. The Hall–Kier alpha value is -3.88.